The number of para-hydroxylation sites is 1. The van der Waals surface area contributed by atoms with E-state index in [2.05, 4.69) is 5.32 Å². The summed E-state index contributed by atoms with van der Waals surface area (Å²) >= 11 is 0. The number of rotatable bonds is 4. The Kier molecular flexibility index (Phi) is 3.01. The molecule has 1 heterocycles. The second-order valence-corrected chi connectivity index (χ2v) is 5.57. The third-order valence-electron chi connectivity index (χ3n) is 3.93. The monoisotopic (exact) mass is 277 g/mol. The third-order valence-corrected chi connectivity index (χ3v) is 3.93. The first-order chi connectivity index (χ1) is 9.53. The summed E-state index contributed by atoms with van der Waals surface area (Å²) in [5, 5.41) is 12.8. The Morgan fingerprint density at radius 1 is 1.55 bits per heavy atom. The number of hydrogen-bond acceptors (Lipinski definition) is 3. The molecule has 0 aliphatic heterocycles. The Labute approximate surface area is 115 Å². The SMILES string of the molecule is CC(CO)(NC(=O)c1cc2cccc(F)c2o1)C1CC1. The number of carbonyl (C=O) groups is 1. The standard InChI is InChI=1S/C15H16FNO3/c1-15(8-18,10-5-6-10)17-14(19)12-7-9-3-2-4-11(16)13(9)20-12/h2-4,7,10,18H,5-6,8H2,1H3,(H,17,19). The van der Waals surface area contributed by atoms with E-state index in [0.29, 0.717) is 5.39 Å². The molecule has 1 amide bonds. The van der Waals surface area contributed by atoms with Gasteiger partial charge in [-0.3, -0.25) is 4.79 Å². The number of hydrogen-bond donors (Lipinski definition) is 2. The minimum atomic E-state index is -0.644. The summed E-state index contributed by atoms with van der Waals surface area (Å²) in [6.07, 6.45) is 1.98. The summed E-state index contributed by atoms with van der Waals surface area (Å²) in [4.78, 5) is 12.2. The first-order valence-electron chi connectivity index (χ1n) is 6.65. The first kappa shape index (κ1) is 13.1. The zero-order valence-electron chi connectivity index (χ0n) is 11.1. The van der Waals surface area contributed by atoms with Gasteiger partial charge in [-0.15, -0.1) is 0 Å². The van der Waals surface area contributed by atoms with Crippen LogP contribution in [0.4, 0.5) is 4.39 Å². The van der Waals surface area contributed by atoms with Gasteiger partial charge in [-0.25, -0.2) is 4.39 Å². The highest BCUT2D eigenvalue weighted by Gasteiger charge is 2.42. The van der Waals surface area contributed by atoms with Crippen LogP contribution in [0.1, 0.15) is 30.3 Å². The quantitative estimate of drug-likeness (QED) is 0.902. The second kappa shape index (κ2) is 4.59. The zero-order valence-corrected chi connectivity index (χ0v) is 11.1. The molecule has 1 saturated carbocycles. The van der Waals surface area contributed by atoms with Crippen molar-refractivity contribution < 1.29 is 18.7 Å². The van der Waals surface area contributed by atoms with Crippen LogP contribution in [0.5, 0.6) is 0 Å². The second-order valence-electron chi connectivity index (χ2n) is 5.57. The first-order valence-corrected chi connectivity index (χ1v) is 6.65. The molecule has 1 aliphatic rings. The molecule has 1 aliphatic carbocycles. The van der Waals surface area contributed by atoms with Crippen molar-refractivity contribution in [2.75, 3.05) is 6.61 Å². The van der Waals surface area contributed by atoms with E-state index in [4.69, 9.17) is 4.42 Å². The summed E-state index contributed by atoms with van der Waals surface area (Å²) in [6.45, 7) is 1.68. The van der Waals surface area contributed by atoms with Crippen molar-refractivity contribution in [3.8, 4) is 0 Å². The topological polar surface area (TPSA) is 62.5 Å². The van der Waals surface area contributed by atoms with Crippen LogP contribution in [0, 0.1) is 11.7 Å². The Morgan fingerprint density at radius 2 is 2.30 bits per heavy atom. The third kappa shape index (κ3) is 2.18. The Balaban J connectivity index is 1.87. The molecular weight excluding hydrogens is 261 g/mol. The van der Waals surface area contributed by atoms with Gasteiger partial charge >= 0.3 is 0 Å². The van der Waals surface area contributed by atoms with Crippen LogP contribution in [0.2, 0.25) is 0 Å². The molecule has 20 heavy (non-hydrogen) atoms. The molecular formula is C15H16FNO3. The van der Waals surface area contributed by atoms with E-state index >= 15 is 0 Å². The van der Waals surface area contributed by atoms with E-state index in [1.807, 2.05) is 6.92 Å². The lowest BCUT2D eigenvalue weighted by Gasteiger charge is -2.28. The number of halogens is 1. The zero-order chi connectivity index (χ0) is 14.3. The van der Waals surface area contributed by atoms with Crippen LogP contribution in [0.25, 0.3) is 11.0 Å². The van der Waals surface area contributed by atoms with Crippen molar-refractivity contribution in [2.45, 2.75) is 25.3 Å². The molecule has 2 aromatic rings. The van der Waals surface area contributed by atoms with Gasteiger partial charge in [0.2, 0.25) is 0 Å². The van der Waals surface area contributed by atoms with Crippen LogP contribution < -0.4 is 5.32 Å². The molecule has 0 saturated heterocycles. The number of furan rings is 1. The fourth-order valence-electron chi connectivity index (χ4n) is 2.45. The van der Waals surface area contributed by atoms with Gasteiger partial charge in [0.05, 0.1) is 12.1 Å². The molecule has 3 rings (SSSR count). The number of benzene rings is 1. The molecule has 106 valence electrons. The largest absolute Gasteiger partial charge is 0.448 e. The molecule has 1 aromatic carbocycles. The van der Waals surface area contributed by atoms with Gasteiger partial charge in [-0.2, -0.15) is 0 Å². The predicted molar refractivity (Wildman–Crippen MR) is 71.9 cm³/mol. The van der Waals surface area contributed by atoms with E-state index in [1.54, 1.807) is 12.1 Å². The van der Waals surface area contributed by atoms with E-state index in [0.717, 1.165) is 12.8 Å². The summed E-state index contributed by atoms with van der Waals surface area (Å²) in [6, 6.07) is 6.05. The number of aliphatic hydroxyl groups excluding tert-OH is 1. The summed E-state index contributed by atoms with van der Waals surface area (Å²) in [7, 11) is 0. The lowest BCUT2D eigenvalue weighted by Crippen LogP contribution is -2.50. The average molecular weight is 277 g/mol. The van der Waals surface area contributed by atoms with Crippen molar-refractivity contribution in [3.05, 3.63) is 35.8 Å². The molecule has 4 nitrogen and oxygen atoms in total. The van der Waals surface area contributed by atoms with Crippen molar-refractivity contribution in [3.63, 3.8) is 0 Å². The van der Waals surface area contributed by atoms with Crippen LogP contribution >= 0.6 is 0 Å². The highest BCUT2D eigenvalue weighted by Crippen LogP contribution is 2.39. The average Bonchev–Trinajstić information content (AvgIpc) is 3.19. The van der Waals surface area contributed by atoms with Gasteiger partial charge < -0.3 is 14.8 Å². The molecule has 5 heteroatoms. The smallest absolute Gasteiger partial charge is 0.287 e. The van der Waals surface area contributed by atoms with E-state index in [-0.39, 0.29) is 23.9 Å². The van der Waals surface area contributed by atoms with Crippen molar-refractivity contribution >= 4 is 16.9 Å². The van der Waals surface area contributed by atoms with Crippen molar-refractivity contribution in [1.82, 2.24) is 5.32 Å². The van der Waals surface area contributed by atoms with E-state index in [1.165, 1.54) is 12.1 Å². The Bertz CT molecular complexity index is 662. The Morgan fingerprint density at radius 3 is 2.90 bits per heavy atom. The minimum absolute atomic E-state index is 0.0606. The fraction of sp³-hybridized carbons (Fsp3) is 0.400. The molecule has 1 unspecified atom stereocenters. The van der Waals surface area contributed by atoms with Crippen molar-refractivity contribution in [2.24, 2.45) is 5.92 Å². The van der Waals surface area contributed by atoms with Gasteiger partial charge in [0, 0.05) is 5.39 Å². The number of nitrogens with one attached hydrogen (secondary N) is 1. The lowest BCUT2D eigenvalue weighted by atomic mass is 9.97. The normalized spacial score (nSPS) is 17.9. The maximum absolute atomic E-state index is 13.5. The van der Waals surface area contributed by atoms with E-state index in [9.17, 15) is 14.3 Å². The van der Waals surface area contributed by atoms with Gasteiger partial charge in [-0.1, -0.05) is 12.1 Å². The van der Waals surface area contributed by atoms with Gasteiger partial charge in [0.25, 0.3) is 5.91 Å². The van der Waals surface area contributed by atoms with E-state index < -0.39 is 17.3 Å². The summed E-state index contributed by atoms with van der Waals surface area (Å²) in [5.41, 5.74) is -0.566. The maximum atomic E-state index is 13.5. The van der Waals surface area contributed by atoms with Crippen LogP contribution in [-0.4, -0.2) is 23.2 Å². The highest BCUT2D eigenvalue weighted by atomic mass is 19.1. The van der Waals surface area contributed by atoms with Crippen molar-refractivity contribution in [1.29, 1.82) is 0 Å². The number of carbonyl (C=O) groups excluding carboxylic acids is 1. The van der Waals surface area contributed by atoms with Crippen LogP contribution in [0.3, 0.4) is 0 Å². The lowest BCUT2D eigenvalue weighted by molar-refractivity contribution is 0.0799. The molecule has 1 fully saturated rings. The molecule has 0 radical (unpaired) electrons. The number of amides is 1. The minimum Gasteiger partial charge on any atom is -0.448 e. The molecule has 0 spiro atoms. The molecule has 2 N–H and O–H groups in total. The maximum Gasteiger partial charge on any atom is 0.287 e. The molecule has 0 bridgehead atoms. The number of aliphatic hydroxyl groups is 1. The van der Waals surface area contributed by atoms with Gasteiger partial charge in [-0.05, 0) is 37.8 Å². The molecule has 1 atom stereocenters. The predicted octanol–water partition coefficient (Wildman–Crippen LogP) is 2.46. The van der Waals surface area contributed by atoms with Crippen LogP contribution in [0.15, 0.2) is 28.7 Å². The van der Waals surface area contributed by atoms with Gasteiger partial charge in [0.15, 0.2) is 17.2 Å². The number of fused-ring (bicyclic) bond motifs is 1. The van der Waals surface area contributed by atoms with Gasteiger partial charge in [0.1, 0.15) is 0 Å². The summed E-state index contributed by atoms with van der Waals surface area (Å²) in [5.74, 6) is -0.569. The van der Waals surface area contributed by atoms with Crippen LogP contribution in [-0.2, 0) is 0 Å². The Hall–Kier alpha value is -1.88. The molecule has 1 aromatic heterocycles. The highest BCUT2D eigenvalue weighted by molar-refractivity contribution is 5.96. The fourth-order valence-corrected chi connectivity index (χ4v) is 2.45. The summed E-state index contributed by atoms with van der Waals surface area (Å²) < 4.78 is 18.8.